The maximum Gasteiger partial charge on any atom is 0.0938 e. The van der Waals surface area contributed by atoms with Gasteiger partial charge < -0.3 is 5.32 Å². The molecule has 1 aliphatic carbocycles. The highest BCUT2D eigenvalue weighted by Gasteiger charge is 2.29. The number of nitrogens with zero attached hydrogens (tertiary/aromatic N) is 1. The van der Waals surface area contributed by atoms with Crippen molar-refractivity contribution in [2.75, 3.05) is 0 Å². The van der Waals surface area contributed by atoms with E-state index in [1.54, 1.807) is 0 Å². The van der Waals surface area contributed by atoms with Crippen molar-refractivity contribution in [1.82, 2.24) is 5.32 Å². The van der Waals surface area contributed by atoms with E-state index < -0.39 is 0 Å². The van der Waals surface area contributed by atoms with Crippen LogP contribution in [0.15, 0.2) is 4.99 Å². The largest absolute Gasteiger partial charge is 0.369 e. The fourth-order valence-corrected chi connectivity index (χ4v) is 2.84. The first-order valence-corrected chi connectivity index (χ1v) is 6.17. The Labute approximate surface area is 94.3 Å². The molecule has 3 unspecified atom stereocenters. The van der Waals surface area contributed by atoms with Crippen LogP contribution in [0.5, 0.6) is 0 Å². The van der Waals surface area contributed by atoms with Crippen LogP contribution < -0.4 is 5.32 Å². The number of hydrogen-bond donors (Lipinski definition) is 1. The minimum absolute atomic E-state index is 0.0530. The molecule has 0 bridgehead atoms. The van der Waals surface area contributed by atoms with E-state index in [2.05, 4.69) is 24.2 Å². The van der Waals surface area contributed by atoms with Gasteiger partial charge in [-0.05, 0) is 19.8 Å². The van der Waals surface area contributed by atoms with E-state index in [4.69, 9.17) is 7.85 Å². The molecule has 3 heteroatoms. The molecule has 15 heavy (non-hydrogen) atoms. The monoisotopic (exact) mass is 204 g/mol. The van der Waals surface area contributed by atoms with Gasteiger partial charge in [-0.25, -0.2) is 0 Å². The second kappa shape index (κ2) is 4.19. The molecule has 0 saturated heterocycles. The van der Waals surface area contributed by atoms with Crippen molar-refractivity contribution >= 4 is 13.7 Å². The molecule has 0 amide bonds. The minimum Gasteiger partial charge on any atom is -0.369 e. The summed E-state index contributed by atoms with van der Waals surface area (Å²) in [7, 11) is 6.24. The fraction of sp³-hybridized carbons (Fsp3) is 0.917. The standard InChI is InChI=1S/C12H21BN2/c1-9-14-10-5-3-7-12(2,13)8-4-6-11(10)15-9/h10-11H,3-8H2,1-2H3,(H,14,15). The zero-order chi connectivity index (χ0) is 10.9. The molecule has 1 saturated carbocycles. The first-order chi connectivity index (χ1) is 7.07. The number of aliphatic imine (C=N–C) groups is 1. The number of hydrogen-bond acceptors (Lipinski definition) is 2. The van der Waals surface area contributed by atoms with E-state index in [-0.39, 0.29) is 5.31 Å². The van der Waals surface area contributed by atoms with Crippen molar-refractivity contribution in [2.45, 2.75) is 69.8 Å². The molecule has 0 aromatic carbocycles. The molecule has 1 aliphatic heterocycles. The van der Waals surface area contributed by atoms with E-state index >= 15 is 0 Å². The van der Waals surface area contributed by atoms with Crippen LogP contribution in [0.2, 0.25) is 5.31 Å². The Morgan fingerprint density at radius 2 is 2.00 bits per heavy atom. The molecule has 2 radical (unpaired) electrons. The molecule has 1 heterocycles. The fourth-order valence-electron chi connectivity index (χ4n) is 2.84. The quantitative estimate of drug-likeness (QED) is 0.602. The van der Waals surface area contributed by atoms with Gasteiger partial charge in [0.05, 0.1) is 19.7 Å². The van der Waals surface area contributed by atoms with Crippen molar-refractivity contribution < 1.29 is 0 Å². The van der Waals surface area contributed by atoms with E-state index in [9.17, 15) is 0 Å². The highest BCUT2D eigenvalue weighted by Crippen LogP contribution is 2.37. The third kappa shape index (κ3) is 2.76. The average molecular weight is 204 g/mol. The SMILES string of the molecule is [B]C1(C)CCCC2N=C(C)NC2CCC1. The van der Waals surface area contributed by atoms with Gasteiger partial charge in [0.15, 0.2) is 0 Å². The van der Waals surface area contributed by atoms with Gasteiger partial charge in [-0.15, -0.1) is 0 Å². The predicted molar refractivity (Wildman–Crippen MR) is 65.6 cm³/mol. The molecule has 2 aliphatic rings. The second-order valence-corrected chi connectivity index (χ2v) is 5.47. The summed E-state index contributed by atoms with van der Waals surface area (Å²) in [5.74, 6) is 1.13. The van der Waals surface area contributed by atoms with Crippen LogP contribution in [0.4, 0.5) is 0 Å². The molecule has 1 N–H and O–H groups in total. The Morgan fingerprint density at radius 1 is 1.33 bits per heavy atom. The summed E-state index contributed by atoms with van der Waals surface area (Å²) in [5, 5.41) is 3.54. The summed E-state index contributed by atoms with van der Waals surface area (Å²) in [6.07, 6.45) is 7.15. The molecule has 1 fully saturated rings. The summed E-state index contributed by atoms with van der Waals surface area (Å²) < 4.78 is 0. The lowest BCUT2D eigenvalue weighted by Crippen LogP contribution is -2.33. The summed E-state index contributed by atoms with van der Waals surface area (Å²) in [4.78, 5) is 4.67. The molecule has 2 nitrogen and oxygen atoms in total. The lowest BCUT2D eigenvalue weighted by atomic mass is 9.64. The van der Waals surface area contributed by atoms with Crippen LogP contribution in [0, 0.1) is 0 Å². The van der Waals surface area contributed by atoms with E-state index in [0.717, 1.165) is 18.7 Å². The third-order valence-electron chi connectivity index (χ3n) is 3.73. The normalized spacial score (nSPS) is 41.9. The molecule has 0 aromatic rings. The maximum atomic E-state index is 6.24. The minimum atomic E-state index is 0.0530. The molecular formula is C12H21BN2. The maximum absolute atomic E-state index is 6.24. The highest BCUT2D eigenvalue weighted by molar-refractivity contribution is 6.14. The van der Waals surface area contributed by atoms with Crippen LogP contribution in [0.3, 0.4) is 0 Å². The number of rotatable bonds is 0. The first kappa shape index (κ1) is 11.0. The number of amidine groups is 1. The van der Waals surface area contributed by atoms with Crippen molar-refractivity contribution in [3.8, 4) is 0 Å². The smallest absolute Gasteiger partial charge is 0.0938 e. The topological polar surface area (TPSA) is 24.4 Å². The van der Waals surface area contributed by atoms with Crippen LogP contribution >= 0.6 is 0 Å². The van der Waals surface area contributed by atoms with Gasteiger partial charge >= 0.3 is 0 Å². The molecular weight excluding hydrogens is 183 g/mol. The lowest BCUT2D eigenvalue weighted by molar-refractivity contribution is 0.460. The summed E-state index contributed by atoms with van der Waals surface area (Å²) in [5.41, 5.74) is 0. The van der Waals surface area contributed by atoms with Gasteiger partial charge in [-0.2, -0.15) is 0 Å². The van der Waals surface area contributed by atoms with Crippen molar-refractivity contribution in [2.24, 2.45) is 4.99 Å². The van der Waals surface area contributed by atoms with Gasteiger partial charge in [0, 0.05) is 6.04 Å². The highest BCUT2D eigenvalue weighted by atomic mass is 15.1. The number of fused-ring (bicyclic) bond motifs is 1. The second-order valence-electron chi connectivity index (χ2n) is 5.47. The molecule has 0 aromatic heterocycles. The summed E-state index contributed by atoms with van der Waals surface area (Å²) in [6, 6.07) is 1.10. The van der Waals surface area contributed by atoms with Crippen LogP contribution in [-0.4, -0.2) is 25.8 Å². The van der Waals surface area contributed by atoms with E-state index in [1.165, 1.54) is 25.7 Å². The first-order valence-electron chi connectivity index (χ1n) is 6.17. The van der Waals surface area contributed by atoms with Gasteiger partial charge in [0.1, 0.15) is 0 Å². The Balaban J connectivity index is 1.98. The Morgan fingerprint density at radius 3 is 2.73 bits per heavy atom. The summed E-state index contributed by atoms with van der Waals surface area (Å²) in [6.45, 7) is 4.27. The Bertz CT molecular complexity index is 260. The van der Waals surface area contributed by atoms with Crippen molar-refractivity contribution in [3.05, 3.63) is 0 Å². The molecule has 0 spiro atoms. The lowest BCUT2D eigenvalue weighted by Gasteiger charge is -2.24. The van der Waals surface area contributed by atoms with Gasteiger partial charge in [0.25, 0.3) is 0 Å². The number of nitrogens with one attached hydrogen (secondary N) is 1. The molecule has 3 atom stereocenters. The van der Waals surface area contributed by atoms with E-state index in [1.807, 2.05) is 0 Å². The summed E-state index contributed by atoms with van der Waals surface area (Å²) >= 11 is 0. The van der Waals surface area contributed by atoms with Gasteiger partial charge in [-0.1, -0.05) is 37.9 Å². The Kier molecular flexibility index (Phi) is 3.08. The molecule has 2 rings (SSSR count). The van der Waals surface area contributed by atoms with Crippen LogP contribution in [0.25, 0.3) is 0 Å². The zero-order valence-electron chi connectivity index (χ0n) is 9.92. The molecule has 82 valence electrons. The third-order valence-corrected chi connectivity index (χ3v) is 3.73. The van der Waals surface area contributed by atoms with Crippen LogP contribution in [0.1, 0.15) is 52.4 Å². The van der Waals surface area contributed by atoms with Gasteiger partial charge in [-0.3, -0.25) is 4.99 Å². The van der Waals surface area contributed by atoms with Gasteiger partial charge in [0.2, 0.25) is 0 Å². The average Bonchev–Trinajstić information content (AvgIpc) is 2.46. The van der Waals surface area contributed by atoms with Crippen molar-refractivity contribution in [1.29, 1.82) is 0 Å². The predicted octanol–water partition coefficient (Wildman–Crippen LogP) is 2.45. The Hall–Kier alpha value is -0.465. The zero-order valence-corrected chi connectivity index (χ0v) is 9.92. The van der Waals surface area contributed by atoms with Crippen LogP contribution in [-0.2, 0) is 0 Å². The van der Waals surface area contributed by atoms with E-state index in [0.29, 0.717) is 12.1 Å². The van der Waals surface area contributed by atoms with Crippen molar-refractivity contribution in [3.63, 3.8) is 0 Å².